The third-order valence-electron chi connectivity index (χ3n) is 2.75. The van der Waals surface area contributed by atoms with Gasteiger partial charge >= 0.3 is 0 Å². The molecule has 1 saturated heterocycles. The third-order valence-corrected chi connectivity index (χ3v) is 2.75. The summed E-state index contributed by atoms with van der Waals surface area (Å²) in [5, 5.41) is 0. The number of alkyl halides is 1. The second-order valence-electron chi connectivity index (χ2n) is 3.47. The molecule has 0 amide bonds. The topological polar surface area (TPSA) is 3.24 Å². The number of rotatable bonds is 1. The van der Waals surface area contributed by atoms with E-state index in [1.165, 1.54) is 19.3 Å². The molecular formula is C8H14FN. The van der Waals surface area contributed by atoms with Gasteiger partial charge in [0.05, 0.1) is 0 Å². The van der Waals surface area contributed by atoms with Crippen LogP contribution in [-0.4, -0.2) is 30.2 Å². The molecule has 0 radical (unpaired) electrons. The SMILES string of the molecule is F[C@H]1CCN(C2CCC2)C1. The first-order valence-electron chi connectivity index (χ1n) is 4.24. The van der Waals surface area contributed by atoms with Crippen molar-refractivity contribution >= 4 is 0 Å². The number of halogens is 1. The van der Waals surface area contributed by atoms with Crippen molar-refractivity contribution in [1.29, 1.82) is 0 Å². The lowest BCUT2D eigenvalue weighted by Gasteiger charge is -2.34. The average Bonchev–Trinajstić information content (AvgIpc) is 2.10. The van der Waals surface area contributed by atoms with E-state index in [0.717, 1.165) is 19.0 Å². The molecule has 2 rings (SSSR count). The van der Waals surface area contributed by atoms with Crippen LogP contribution in [0.1, 0.15) is 25.7 Å². The maximum Gasteiger partial charge on any atom is 0.114 e. The van der Waals surface area contributed by atoms with E-state index < -0.39 is 6.17 Å². The predicted octanol–water partition coefficient (Wildman–Crippen LogP) is 1.58. The van der Waals surface area contributed by atoms with E-state index >= 15 is 0 Å². The molecule has 10 heavy (non-hydrogen) atoms. The van der Waals surface area contributed by atoms with Crippen LogP contribution in [0.2, 0.25) is 0 Å². The van der Waals surface area contributed by atoms with E-state index in [4.69, 9.17) is 0 Å². The Morgan fingerprint density at radius 3 is 2.40 bits per heavy atom. The minimum Gasteiger partial charge on any atom is -0.297 e. The van der Waals surface area contributed by atoms with Crippen molar-refractivity contribution in [3.63, 3.8) is 0 Å². The summed E-state index contributed by atoms with van der Waals surface area (Å²) in [7, 11) is 0. The lowest BCUT2D eigenvalue weighted by molar-refractivity contribution is 0.148. The summed E-state index contributed by atoms with van der Waals surface area (Å²) in [6, 6.07) is 0.751. The summed E-state index contributed by atoms with van der Waals surface area (Å²) in [5.74, 6) is 0. The lowest BCUT2D eigenvalue weighted by Crippen LogP contribution is -2.38. The van der Waals surface area contributed by atoms with Crippen LogP contribution in [0.3, 0.4) is 0 Å². The standard InChI is InChI=1S/C8H14FN/c9-7-4-5-10(6-7)8-2-1-3-8/h7-8H,1-6H2/t7-/m0/s1. The molecule has 2 aliphatic rings. The Kier molecular flexibility index (Phi) is 1.65. The fourth-order valence-corrected chi connectivity index (χ4v) is 1.83. The van der Waals surface area contributed by atoms with E-state index in [-0.39, 0.29) is 0 Å². The molecule has 58 valence electrons. The van der Waals surface area contributed by atoms with Crippen LogP contribution in [0.4, 0.5) is 4.39 Å². The van der Waals surface area contributed by atoms with Gasteiger partial charge in [-0.1, -0.05) is 6.42 Å². The molecule has 0 aromatic heterocycles. The Morgan fingerprint density at radius 2 is 2.00 bits per heavy atom. The number of nitrogens with zero attached hydrogens (tertiary/aromatic N) is 1. The minimum absolute atomic E-state index is 0.527. The highest BCUT2D eigenvalue weighted by molar-refractivity contribution is 4.85. The molecule has 1 aliphatic carbocycles. The van der Waals surface area contributed by atoms with Gasteiger partial charge in [-0.2, -0.15) is 0 Å². The van der Waals surface area contributed by atoms with Gasteiger partial charge in [0.15, 0.2) is 0 Å². The van der Waals surface area contributed by atoms with Crippen molar-refractivity contribution in [2.75, 3.05) is 13.1 Å². The Bertz CT molecular complexity index is 122. The van der Waals surface area contributed by atoms with Gasteiger partial charge in [0.25, 0.3) is 0 Å². The molecule has 2 heteroatoms. The van der Waals surface area contributed by atoms with Crippen LogP contribution in [0.15, 0.2) is 0 Å². The third kappa shape index (κ3) is 1.05. The van der Waals surface area contributed by atoms with Crippen molar-refractivity contribution in [2.24, 2.45) is 0 Å². The highest BCUT2D eigenvalue weighted by atomic mass is 19.1. The van der Waals surface area contributed by atoms with Crippen LogP contribution in [0, 0.1) is 0 Å². The van der Waals surface area contributed by atoms with E-state index in [0.29, 0.717) is 6.54 Å². The fourth-order valence-electron chi connectivity index (χ4n) is 1.83. The van der Waals surface area contributed by atoms with Crippen LogP contribution >= 0.6 is 0 Å². The number of hydrogen-bond acceptors (Lipinski definition) is 1. The van der Waals surface area contributed by atoms with Gasteiger partial charge in [-0.05, 0) is 19.3 Å². The van der Waals surface area contributed by atoms with Crippen molar-refractivity contribution < 1.29 is 4.39 Å². The first-order valence-corrected chi connectivity index (χ1v) is 4.24. The van der Waals surface area contributed by atoms with Crippen molar-refractivity contribution in [1.82, 2.24) is 4.90 Å². The second-order valence-corrected chi connectivity index (χ2v) is 3.47. The first-order chi connectivity index (χ1) is 4.86. The molecule has 1 atom stereocenters. The first kappa shape index (κ1) is 6.59. The van der Waals surface area contributed by atoms with Gasteiger partial charge in [0, 0.05) is 19.1 Å². The Balaban J connectivity index is 1.82. The normalized spacial score (nSPS) is 36.3. The predicted molar refractivity (Wildman–Crippen MR) is 38.7 cm³/mol. The summed E-state index contributed by atoms with van der Waals surface area (Å²) < 4.78 is 12.7. The smallest absolute Gasteiger partial charge is 0.114 e. The molecular weight excluding hydrogens is 129 g/mol. The summed E-state index contributed by atoms with van der Waals surface area (Å²) in [4.78, 5) is 2.31. The zero-order valence-electron chi connectivity index (χ0n) is 6.22. The monoisotopic (exact) mass is 143 g/mol. The molecule has 1 heterocycles. The Hall–Kier alpha value is -0.110. The molecule has 0 spiro atoms. The zero-order valence-corrected chi connectivity index (χ0v) is 6.22. The Morgan fingerprint density at radius 1 is 1.20 bits per heavy atom. The maximum absolute atomic E-state index is 12.7. The minimum atomic E-state index is -0.527. The van der Waals surface area contributed by atoms with E-state index in [2.05, 4.69) is 4.90 Å². The summed E-state index contributed by atoms with van der Waals surface area (Å²) in [6.07, 6.45) is 4.23. The van der Waals surface area contributed by atoms with Crippen LogP contribution in [-0.2, 0) is 0 Å². The van der Waals surface area contributed by atoms with Crippen molar-refractivity contribution in [3.05, 3.63) is 0 Å². The molecule has 0 N–H and O–H groups in total. The van der Waals surface area contributed by atoms with E-state index in [1.807, 2.05) is 0 Å². The van der Waals surface area contributed by atoms with Crippen molar-refractivity contribution in [2.45, 2.75) is 37.9 Å². The van der Waals surface area contributed by atoms with E-state index in [1.54, 1.807) is 0 Å². The molecule has 1 saturated carbocycles. The Labute approximate surface area is 61.2 Å². The molecule has 1 aliphatic heterocycles. The van der Waals surface area contributed by atoms with Crippen LogP contribution < -0.4 is 0 Å². The van der Waals surface area contributed by atoms with Gasteiger partial charge in [0.2, 0.25) is 0 Å². The highest BCUT2D eigenvalue weighted by Crippen LogP contribution is 2.28. The largest absolute Gasteiger partial charge is 0.297 e. The molecule has 0 aromatic rings. The fraction of sp³-hybridized carbons (Fsp3) is 1.00. The van der Waals surface area contributed by atoms with Gasteiger partial charge < -0.3 is 0 Å². The summed E-state index contributed by atoms with van der Waals surface area (Å²) in [6.45, 7) is 1.72. The quantitative estimate of drug-likeness (QED) is 0.538. The highest BCUT2D eigenvalue weighted by Gasteiger charge is 2.30. The number of hydrogen-bond donors (Lipinski definition) is 0. The van der Waals surface area contributed by atoms with Crippen LogP contribution in [0.25, 0.3) is 0 Å². The number of likely N-dealkylation sites (tertiary alicyclic amines) is 1. The molecule has 0 unspecified atom stereocenters. The van der Waals surface area contributed by atoms with Gasteiger partial charge in [-0.15, -0.1) is 0 Å². The average molecular weight is 143 g/mol. The van der Waals surface area contributed by atoms with Gasteiger partial charge in [0.1, 0.15) is 6.17 Å². The van der Waals surface area contributed by atoms with Gasteiger partial charge in [-0.3, -0.25) is 4.90 Å². The zero-order chi connectivity index (χ0) is 6.97. The maximum atomic E-state index is 12.7. The second kappa shape index (κ2) is 2.50. The van der Waals surface area contributed by atoms with Crippen molar-refractivity contribution in [3.8, 4) is 0 Å². The van der Waals surface area contributed by atoms with E-state index in [9.17, 15) is 4.39 Å². The molecule has 2 fully saturated rings. The summed E-state index contributed by atoms with van der Waals surface area (Å²) in [5.41, 5.74) is 0. The van der Waals surface area contributed by atoms with Crippen LogP contribution in [0.5, 0.6) is 0 Å². The molecule has 0 aromatic carbocycles. The summed E-state index contributed by atoms with van der Waals surface area (Å²) >= 11 is 0. The molecule has 1 nitrogen and oxygen atoms in total. The lowest BCUT2D eigenvalue weighted by atomic mass is 9.92. The molecule has 0 bridgehead atoms. The van der Waals surface area contributed by atoms with Gasteiger partial charge in [-0.25, -0.2) is 4.39 Å².